The van der Waals surface area contributed by atoms with Crippen molar-refractivity contribution in [2.24, 2.45) is 10.8 Å². The molecule has 1 aromatic carbocycles. The number of nitrogens with zero attached hydrogens (tertiary/aromatic N) is 4. The Labute approximate surface area is 211 Å². The summed E-state index contributed by atoms with van der Waals surface area (Å²) < 4.78 is -0.661. The van der Waals surface area contributed by atoms with Gasteiger partial charge in [0.2, 0.25) is 0 Å². The Morgan fingerprint density at radius 2 is 1.29 bits per heavy atom. The molecule has 2 bridgehead atoms. The predicted molar refractivity (Wildman–Crippen MR) is 143 cm³/mol. The minimum absolute atomic E-state index is 0.203. The number of hydrogen-bond donors (Lipinski definition) is 0. The molecule has 0 amide bonds. The molecule has 0 spiro atoms. The second kappa shape index (κ2) is 8.29. The Bertz CT molecular complexity index is 1170. The zero-order valence-electron chi connectivity index (χ0n) is 21.9. The molecule has 4 nitrogen and oxygen atoms in total. The Morgan fingerprint density at radius 1 is 0.824 bits per heavy atom. The van der Waals surface area contributed by atoms with Crippen LogP contribution in [0.1, 0.15) is 32.8 Å². The van der Waals surface area contributed by atoms with Crippen molar-refractivity contribution in [1.29, 1.82) is 21.0 Å². The van der Waals surface area contributed by atoms with Crippen LogP contribution in [-0.2, 0) is 5.04 Å². The monoisotopic (exact) mass is 574 g/mol. The van der Waals surface area contributed by atoms with Gasteiger partial charge in [-0.25, -0.2) is 0 Å². The molecule has 0 saturated carbocycles. The Balaban J connectivity index is 2.89. The van der Waals surface area contributed by atoms with Gasteiger partial charge in [0, 0.05) is 0 Å². The number of benzene rings is 1. The third kappa shape index (κ3) is 2.33. The van der Waals surface area contributed by atoms with Crippen molar-refractivity contribution in [1.82, 2.24) is 0 Å². The number of allylic oxidation sites excluding steroid dienone is 2. The van der Waals surface area contributed by atoms with E-state index in [9.17, 15) is 21.0 Å². The van der Waals surface area contributed by atoms with E-state index >= 15 is 0 Å². The van der Waals surface area contributed by atoms with E-state index in [-0.39, 0.29) is 6.71 Å². The standard InChI is InChI=1S/C24H26BN4Si.3CH3.Sn/c1-6-19-20(25(7-2)8-3)24(18-12-10-9-11-13-18)23(16-28,17-29)22(14-26,15-27)21(19)30(24,4)5;;;;/h9-13H,6-8H2,1-5H3;3*1H3;/t24-;;;;/m0..../s1. The van der Waals surface area contributed by atoms with Gasteiger partial charge in [-0.3, -0.25) is 0 Å². The van der Waals surface area contributed by atoms with Gasteiger partial charge in [0.25, 0.3) is 0 Å². The van der Waals surface area contributed by atoms with Gasteiger partial charge >= 0.3 is 212 Å². The van der Waals surface area contributed by atoms with Gasteiger partial charge in [-0.2, -0.15) is 0 Å². The van der Waals surface area contributed by atoms with E-state index < -0.39 is 45.4 Å². The van der Waals surface area contributed by atoms with Crippen LogP contribution in [0.25, 0.3) is 0 Å². The van der Waals surface area contributed by atoms with Crippen LogP contribution in [-0.4, -0.2) is 33.2 Å². The van der Waals surface area contributed by atoms with Crippen molar-refractivity contribution in [3.05, 3.63) is 46.9 Å². The first kappa shape index (κ1) is 26.6. The van der Waals surface area contributed by atoms with Crippen LogP contribution in [0.4, 0.5) is 0 Å². The number of rotatable bonds is 6. The quantitative estimate of drug-likeness (QED) is 0.356. The molecule has 174 valence electrons. The predicted octanol–water partition coefficient (Wildman–Crippen LogP) is 6.66. The third-order valence-corrected chi connectivity index (χ3v) is 33.6. The van der Waals surface area contributed by atoms with Crippen molar-refractivity contribution >= 4 is 33.2 Å². The second-order valence-corrected chi connectivity index (χ2v) is 32.6. The van der Waals surface area contributed by atoms with E-state index in [4.69, 9.17) is 0 Å². The average molecular weight is 573 g/mol. The topological polar surface area (TPSA) is 95.2 Å². The zero-order valence-corrected chi connectivity index (χ0v) is 25.7. The molecule has 3 rings (SSSR count). The molecule has 0 radical (unpaired) electrons. The maximum absolute atomic E-state index is 11.0. The first-order valence-corrected chi connectivity index (χ1v) is 25.4. The molecular formula is C27H35BN4SiSn. The molecule has 0 aromatic heterocycles. The summed E-state index contributed by atoms with van der Waals surface area (Å²) in [5.74, 6) is 0. The molecule has 2 aliphatic heterocycles. The SMILES string of the molecule is CCB(CC)C1=C(CC)[C@]2([Sn]([CH3])([CH3])[CH3])C(C#N)(C#N)C(C#N)(C#N)[C@@]1(c1ccccc1)[Si]2(C)C. The van der Waals surface area contributed by atoms with Gasteiger partial charge in [-0.05, 0) is 0 Å². The van der Waals surface area contributed by atoms with Crippen LogP contribution in [0.5, 0.6) is 0 Å². The zero-order chi connectivity index (χ0) is 25.8. The van der Waals surface area contributed by atoms with E-state index in [1.807, 2.05) is 30.3 Å². The molecule has 2 heterocycles. The van der Waals surface area contributed by atoms with E-state index in [1.165, 1.54) is 11.0 Å². The molecule has 2 atom stereocenters. The summed E-state index contributed by atoms with van der Waals surface area (Å²) in [5, 5.41) is 43.1. The van der Waals surface area contributed by atoms with Crippen LogP contribution in [0, 0.1) is 56.2 Å². The van der Waals surface area contributed by atoms with Gasteiger partial charge in [0.15, 0.2) is 0 Å². The van der Waals surface area contributed by atoms with Crippen molar-refractivity contribution in [3.8, 4) is 24.3 Å². The third-order valence-electron chi connectivity index (χ3n) is 9.49. The van der Waals surface area contributed by atoms with Crippen LogP contribution < -0.4 is 0 Å². The van der Waals surface area contributed by atoms with E-state index in [1.54, 1.807) is 0 Å². The summed E-state index contributed by atoms with van der Waals surface area (Å²) in [5.41, 5.74) is -0.00796. The van der Waals surface area contributed by atoms with Crippen LogP contribution in [0.3, 0.4) is 0 Å². The molecule has 1 aromatic rings. The summed E-state index contributed by atoms with van der Waals surface area (Å²) in [6.45, 7) is 11.3. The van der Waals surface area contributed by atoms with Crippen molar-refractivity contribution in [3.63, 3.8) is 0 Å². The van der Waals surface area contributed by atoms with E-state index in [0.717, 1.165) is 24.6 Å². The van der Waals surface area contributed by atoms with Gasteiger partial charge in [0.1, 0.15) is 0 Å². The maximum atomic E-state index is 11.0. The molecule has 0 unspecified atom stereocenters. The summed E-state index contributed by atoms with van der Waals surface area (Å²) in [7, 11) is -2.78. The molecule has 34 heavy (non-hydrogen) atoms. The fourth-order valence-corrected chi connectivity index (χ4v) is 42.2. The van der Waals surface area contributed by atoms with Gasteiger partial charge in [0.05, 0.1) is 0 Å². The first-order valence-electron chi connectivity index (χ1n) is 12.4. The summed E-state index contributed by atoms with van der Waals surface area (Å²) in [4.78, 5) is 6.96. The van der Waals surface area contributed by atoms with Gasteiger partial charge in [-0.15, -0.1) is 0 Å². The number of nitriles is 4. The van der Waals surface area contributed by atoms with Gasteiger partial charge < -0.3 is 0 Å². The second-order valence-electron chi connectivity index (χ2n) is 11.4. The Hall–Kier alpha value is -2.00. The average Bonchev–Trinajstić information content (AvgIpc) is 3.10. The number of fused-ring (bicyclic) bond motifs is 2. The molecule has 7 heteroatoms. The molecule has 0 N–H and O–H groups in total. The fraction of sp³-hybridized carbons (Fsp3) is 0.556. The molecule has 2 aliphatic rings. The fourth-order valence-electron chi connectivity index (χ4n) is 9.15. The van der Waals surface area contributed by atoms with Crippen molar-refractivity contribution in [2.75, 3.05) is 0 Å². The Kier molecular flexibility index (Phi) is 6.49. The number of hydrogen-bond acceptors (Lipinski definition) is 4. The summed E-state index contributed by atoms with van der Waals surface area (Å²) in [6.07, 6.45) is 2.56. The van der Waals surface area contributed by atoms with Crippen LogP contribution in [0.15, 0.2) is 41.4 Å². The van der Waals surface area contributed by atoms with E-state index in [0.29, 0.717) is 0 Å². The molecule has 0 aliphatic carbocycles. The van der Waals surface area contributed by atoms with Gasteiger partial charge in [-0.1, -0.05) is 0 Å². The summed E-state index contributed by atoms with van der Waals surface area (Å²) >= 11 is -3.35. The normalized spacial score (nSPS) is 27.9. The van der Waals surface area contributed by atoms with Crippen LogP contribution in [0.2, 0.25) is 43.6 Å². The van der Waals surface area contributed by atoms with Crippen molar-refractivity contribution in [2.45, 2.75) is 75.8 Å². The van der Waals surface area contributed by atoms with Crippen LogP contribution >= 0.6 is 0 Å². The minimum atomic E-state index is -3.35. The first-order chi connectivity index (χ1) is 15.9. The molecule has 1 saturated heterocycles. The van der Waals surface area contributed by atoms with E-state index in [2.05, 4.69) is 73.0 Å². The molecule has 1 fully saturated rings. The van der Waals surface area contributed by atoms with Crippen molar-refractivity contribution < 1.29 is 0 Å². The summed E-state index contributed by atoms with van der Waals surface area (Å²) in [6, 6.07) is 19.8. The molecular weight excluding hydrogens is 538 g/mol. The Morgan fingerprint density at radius 3 is 1.65 bits per heavy atom.